The van der Waals surface area contributed by atoms with E-state index in [4.69, 9.17) is 15.2 Å². The first-order valence-electron chi connectivity index (χ1n) is 6.12. The molecule has 0 radical (unpaired) electrons. The molecular weight excluding hydrogens is 242 g/mol. The molecule has 0 aliphatic carbocycles. The van der Waals surface area contributed by atoms with E-state index in [-0.39, 0.29) is 6.04 Å². The van der Waals surface area contributed by atoms with Gasteiger partial charge in [-0.25, -0.2) is 4.98 Å². The van der Waals surface area contributed by atoms with Gasteiger partial charge in [-0.05, 0) is 24.6 Å². The Labute approximate surface area is 113 Å². The molecular formula is C14H19N3O2. The van der Waals surface area contributed by atoms with Gasteiger partial charge in [0.15, 0.2) is 11.5 Å². The number of nitrogens with two attached hydrogens (primary N) is 1. The molecule has 5 nitrogen and oxygen atoms in total. The highest BCUT2D eigenvalue weighted by atomic mass is 16.5. The molecule has 0 fully saturated rings. The fourth-order valence-electron chi connectivity index (χ4n) is 2.02. The van der Waals surface area contributed by atoms with Crippen molar-refractivity contribution in [2.24, 2.45) is 5.73 Å². The van der Waals surface area contributed by atoms with Gasteiger partial charge in [0.1, 0.15) is 0 Å². The van der Waals surface area contributed by atoms with Gasteiger partial charge in [-0.1, -0.05) is 6.07 Å². The lowest BCUT2D eigenvalue weighted by atomic mass is 10.2. The Morgan fingerprint density at radius 1 is 1.26 bits per heavy atom. The zero-order valence-electron chi connectivity index (χ0n) is 11.5. The van der Waals surface area contributed by atoms with Crippen LogP contribution in [0.15, 0.2) is 30.7 Å². The smallest absolute Gasteiger partial charge is 0.161 e. The molecule has 0 amide bonds. The van der Waals surface area contributed by atoms with Gasteiger partial charge in [0.2, 0.25) is 0 Å². The number of rotatable bonds is 5. The molecule has 1 aromatic heterocycles. The SMILES string of the molecule is COc1ccc(Cn2cncc2[C@@H](C)N)cc1OC. The topological polar surface area (TPSA) is 62.3 Å². The Balaban J connectivity index is 2.26. The van der Waals surface area contributed by atoms with Crippen LogP contribution in [0, 0.1) is 0 Å². The van der Waals surface area contributed by atoms with Gasteiger partial charge < -0.3 is 19.8 Å². The Bertz CT molecular complexity index is 549. The minimum Gasteiger partial charge on any atom is -0.493 e. The summed E-state index contributed by atoms with van der Waals surface area (Å²) >= 11 is 0. The standard InChI is InChI=1S/C14H19N3O2/c1-10(15)12-7-16-9-17(12)8-11-4-5-13(18-2)14(6-11)19-3/h4-7,9-10H,8,15H2,1-3H3/t10-/m1/s1. The molecule has 102 valence electrons. The molecule has 0 saturated carbocycles. The van der Waals surface area contributed by atoms with Crippen LogP contribution < -0.4 is 15.2 Å². The quantitative estimate of drug-likeness (QED) is 0.893. The van der Waals surface area contributed by atoms with Crippen molar-refractivity contribution < 1.29 is 9.47 Å². The van der Waals surface area contributed by atoms with E-state index in [0.717, 1.165) is 22.8 Å². The van der Waals surface area contributed by atoms with E-state index < -0.39 is 0 Å². The average Bonchev–Trinajstić information content (AvgIpc) is 2.87. The first-order chi connectivity index (χ1) is 9.15. The van der Waals surface area contributed by atoms with E-state index in [1.807, 2.05) is 29.7 Å². The number of hydrogen-bond acceptors (Lipinski definition) is 4. The lowest BCUT2D eigenvalue weighted by molar-refractivity contribution is 0.354. The fourth-order valence-corrected chi connectivity index (χ4v) is 2.02. The average molecular weight is 261 g/mol. The number of benzene rings is 1. The summed E-state index contributed by atoms with van der Waals surface area (Å²) in [6.07, 6.45) is 3.58. The van der Waals surface area contributed by atoms with E-state index in [9.17, 15) is 0 Å². The maximum atomic E-state index is 5.91. The summed E-state index contributed by atoms with van der Waals surface area (Å²) in [6, 6.07) is 5.83. The fraction of sp³-hybridized carbons (Fsp3) is 0.357. The summed E-state index contributed by atoms with van der Waals surface area (Å²) < 4.78 is 12.6. The molecule has 5 heteroatoms. The Hall–Kier alpha value is -2.01. The van der Waals surface area contributed by atoms with Crippen LogP contribution in [0.25, 0.3) is 0 Å². The summed E-state index contributed by atoms with van der Waals surface area (Å²) in [5.74, 6) is 1.45. The zero-order chi connectivity index (χ0) is 13.8. The van der Waals surface area contributed by atoms with Crippen LogP contribution in [0.2, 0.25) is 0 Å². The summed E-state index contributed by atoms with van der Waals surface area (Å²) in [5.41, 5.74) is 8.03. The Morgan fingerprint density at radius 3 is 2.63 bits per heavy atom. The molecule has 0 aliphatic heterocycles. The first kappa shape index (κ1) is 13.4. The molecule has 0 bridgehead atoms. The van der Waals surface area contributed by atoms with Crippen molar-refractivity contribution in [3.8, 4) is 11.5 Å². The molecule has 19 heavy (non-hydrogen) atoms. The van der Waals surface area contributed by atoms with Crippen LogP contribution in [0.5, 0.6) is 11.5 Å². The number of methoxy groups -OCH3 is 2. The molecule has 2 aromatic rings. The molecule has 0 unspecified atom stereocenters. The first-order valence-corrected chi connectivity index (χ1v) is 6.12. The molecule has 1 aromatic carbocycles. The van der Waals surface area contributed by atoms with E-state index in [0.29, 0.717) is 6.54 Å². The normalized spacial score (nSPS) is 12.2. The van der Waals surface area contributed by atoms with Crippen molar-refractivity contribution >= 4 is 0 Å². The van der Waals surface area contributed by atoms with Gasteiger partial charge >= 0.3 is 0 Å². The summed E-state index contributed by atoms with van der Waals surface area (Å²) in [7, 11) is 3.26. The van der Waals surface area contributed by atoms with E-state index >= 15 is 0 Å². The summed E-state index contributed by atoms with van der Waals surface area (Å²) in [6.45, 7) is 2.65. The second kappa shape index (κ2) is 5.75. The maximum absolute atomic E-state index is 5.91. The van der Waals surface area contributed by atoms with Crippen LogP contribution in [0.3, 0.4) is 0 Å². The molecule has 2 rings (SSSR count). The maximum Gasteiger partial charge on any atom is 0.161 e. The molecule has 1 atom stereocenters. The number of ether oxygens (including phenoxy) is 2. The summed E-state index contributed by atoms with van der Waals surface area (Å²) in [5, 5.41) is 0. The number of imidazole rings is 1. The number of nitrogens with zero attached hydrogens (tertiary/aromatic N) is 2. The van der Waals surface area contributed by atoms with Crippen LogP contribution in [-0.2, 0) is 6.54 Å². The third-order valence-corrected chi connectivity index (χ3v) is 3.01. The predicted octanol–water partition coefficient (Wildman–Crippen LogP) is 1.97. The van der Waals surface area contributed by atoms with Crippen molar-refractivity contribution in [3.05, 3.63) is 42.0 Å². The highest BCUT2D eigenvalue weighted by Crippen LogP contribution is 2.28. The van der Waals surface area contributed by atoms with Crippen molar-refractivity contribution in [1.82, 2.24) is 9.55 Å². The van der Waals surface area contributed by atoms with Crippen LogP contribution in [0.1, 0.15) is 24.2 Å². The number of hydrogen-bond donors (Lipinski definition) is 1. The van der Waals surface area contributed by atoms with Crippen molar-refractivity contribution in [1.29, 1.82) is 0 Å². The lowest BCUT2D eigenvalue weighted by Gasteiger charge is -2.13. The largest absolute Gasteiger partial charge is 0.493 e. The predicted molar refractivity (Wildman–Crippen MR) is 73.5 cm³/mol. The minimum atomic E-state index is -0.0392. The highest BCUT2D eigenvalue weighted by molar-refractivity contribution is 5.43. The monoisotopic (exact) mass is 261 g/mol. The zero-order valence-corrected chi connectivity index (χ0v) is 11.5. The van der Waals surface area contributed by atoms with Crippen LogP contribution in [-0.4, -0.2) is 23.8 Å². The van der Waals surface area contributed by atoms with Gasteiger partial charge in [-0.3, -0.25) is 0 Å². The van der Waals surface area contributed by atoms with Gasteiger partial charge in [0.25, 0.3) is 0 Å². The Morgan fingerprint density at radius 2 is 2.00 bits per heavy atom. The van der Waals surface area contributed by atoms with E-state index in [2.05, 4.69) is 4.98 Å². The molecule has 0 saturated heterocycles. The molecule has 0 spiro atoms. The van der Waals surface area contributed by atoms with Crippen LogP contribution in [0.4, 0.5) is 0 Å². The number of aromatic nitrogens is 2. The lowest BCUT2D eigenvalue weighted by Crippen LogP contribution is -2.12. The highest BCUT2D eigenvalue weighted by Gasteiger charge is 2.09. The van der Waals surface area contributed by atoms with Crippen LogP contribution >= 0.6 is 0 Å². The third kappa shape index (κ3) is 2.88. The third-order valence-electron chi connectivity index (χ3n) is 3.01. The van der Waals surface area contributed by atoms with Crippen molar-refractivity contribution in [2.45, 2.75) is 19.5 Å². The van der Waals surface area contributed by atoms with E-state index in [1.165, 1.54) is 0 Å². The molecule has 1 heterocycles. The van der Waals surface area contributed by atoms with Gasteiger partial charge in [-0.2, -0.15) is 0 Å². The minimum absolute atomic E-state index is 0.0392. The van der Waals surface area contributed by atoms with E-state index in [1.54, 1.807) is 26.7 Å². The Kier molecular flexibility index (Phi) is 4.06. The van der Waals surface area contributed by atoms with Gasteiger partial charge in [-0.15, -0.1) is 0 Å². The molecule has 0 aliphatic rings. The van der Waals surface area contributed by atoms with Crippen molar-refractivity contribution in [2.75, 3.05) is 14.2 Å². The second-order valence-corrected chi connectivity index (χ2v) is 4.42. The molecule has 2 N–H and O–H groups in total. The second-order valence-electron chi connectivity index (χ2n) is 4.42. The van der Waals surface area contributed by atoms with Gasteiger partial charge in [0, 0.05) is 18.8 Å². The van der Waals surface area contributed by atoms with Gasteiger partial charge in [0.05, 0.1) is 26.2 Å². The van der Waals surface area contributed by atoms with Crippen molar-refractivity contribution in [3.63, 3.8) is 0 Å². The summed E-state index contributed by atoms with van der Waals surface area (Å²) in [4.78, 5) is 4.14.